The van der Waals surface area contributed by atoms with Gasteiger partial charge in [0.1, 0.15) is 5.75 Å². The topological polar surface area (TPSA) is 26.3 Å². The van der Waals surface area contributed by atoms with Crippen molar-refractivity contribution in [2.75, 3.05) is 0 Å². The van der Waals surface area contributed by atoms with Crippen LogP contribution in [0.15, 0.2) is 103 Å². The lowest BCUT2D eigenvalue weighted by molar-refractivity contribution is 0.247. The molecule has 206 valence electrons. The van der Waals surface area contributed by atoms with E-state index in [-0.39, 0.29) is 11.3 Å². The number of fused-ring (bicyclic) bond motifs is 5. The molecule has 1 heterocycles. The third-order valence-corrected chi connectivity index (χ3v) is 13.3. The summed E-state index contributed by atoms with van der Waals surface area (Å²) in [6.45, 7) is 9.31. The van der Waals surface area contributed by atoms with Gasteiger partial charge in [-0.05, 0) is 84.2 Å². The SMILES string of the molecule is CCCC(C)(CC(CC1(C)c2cccc(c2)CC1C)c1ccccc1)P1(=O)Oc2ccccc2-c2ccccc21. The Balaban J connectivity index is 1.45. The van der Waals surface area contributed by atoms with E-state index >= 15 is 4.57 Å². The Hall–Kier alpha value is -3.09. The highest BCUT2D eigenvalue weighted by molar-refractivity contribution is 7.69. The molecule has 0 saturated carbocycles. The molecule has 2 nitrogen and oxygen atoms in total. The van der Waals surface area contributed by atoms with Gasteiger partial charge in [0.25, 0.3) is 7.37 Å². The summed E-state index contributed by atoms with van der Waals surface area (Å²) in [5.41, 5.74) is 6.32. The first kappa shape index (κ1) is 27.1. The molecule has 0 fully saturated rings. The van der Waals surface area contributed by atoms with Crippen LogP contribution in [0.2, 0.25) is 0 Å². The molecule has 4 aromatic rings. The maximum absolute atomic E-state index is 15.6. The molecule has 4 aromatic carbocycles. The van der Waals surface area contributed by atoms with E-state index in [1.165, 1.54) is 16.7 Å². The first-order valence-corrected chi connectivity index (χ1v) is 16.5. The van der Waals surface area contributed by atoms with Gasteiger partial charge in [-0.1, -0.05) is 118 Å². The fourth-order valence-corrected chi connectivity index (χ4v) is 10.6. The van der Waals surface area contributed by atoms with Crippen molar-refractivity contribution in [3.8, 4) is 16.9 Å². The summed E-state index contributed by atoms with van der Waals surface area (Å²) in [6.07, 6.45) is 4.71. The molecule has 5 atom stereocenters. The van der Waals surface area contributed by atoms with Crippen molar-refractivity contribution < 1.29 is 9.09 Å². The third-order valence-electron chi connectivity index (χ3n) is 9.97. The smallest absolute Gasteiger partial charge is 0.283 e. The van der Waals surface area contributed by atoms with Crippen molar-refractivity contribution in [2.45, 2.75) is 76.3 Å². The lowest BCUT2D eigenvalue weighted by atomic mass is 9.61. The molecule has 1 aliphatic heterocycles. The quantitative estimate of drug-likeness (QED) is 0.205. The Labute approximate surface area is 240 Å². The van der Waals surface area contributed by atoms with E-state index in [0.717, 1.165) is 54.3 Å². The van der Waals surface area contributed by atoms with Crippen LogP contribution in [0.4, 0.5) is 0 Å². The van der Waals surface area contributed by atoms with E-state index in [0.29, 0.717) is 5.92 Å². The van der Waals surface area contributed by atoms with E-state index in [4.69, 9.17) is 4.52 Å². The van der Waals surface area contributed by atoms with Crippen LogP contribution in [0.3, 0.4) is 0 Å². The Morgan fingerprint density at radius 2 is 1.62 bits per heavy atom. The molecule has 40 heavy (non-hydrogen) atoms. The van der Waals surface area contributed by atoms with Gasteiger partial charge in [0.2, 0.25) is 0 Å². The van der Waals surface area contributed by atoms with Gasteiger partial charge in [-0.2, -0.15) is 0 Å². The predicted molar refractivity (Wildman–Crippen MR) is 168 cm³/mol. The number of para-hydroxylation sites is 1. The van der Waals surface area contributed by atoms with Gasteiger partial charge in [0.05, 0.1) is 10.5 Å². The average molecular weight is 549 g/mol. The zero-order chi connectivity index (χ0) is 28.0. The fourth-order valence-electron chi connectivity index (χ4n) is 7.54. The molecule has 0 N–H and O–H groups in total. The Bertz CT molecular complexity index is 1560. The normalized spacial score (nSPS) is 25.1. The molecule has 0 aromatic heterocycles. The maximum Gasteiger partial charge on any atom is 0.283 e. The van der Waals surface area contributed by atoms with Gasteiger partial charge < -0.3 is 4.52 Å². The summed E-state index contributed by atoms with van der Waals surface area (Å²) >= 11 is 0. The highest BCUT2D eigenvalue weighted by Crippen LogP contribution is 2.67. The highest BCUT2D eigenvalue weighted by Gasteiger charge is 2.52. The van der Waals surface area contributed by atoms with Gasteiger partial charge in [-0.3, -0.25) is 4.57 Å². The minimum absolute atomic E-state index is 0.0360. The average Bonchev–Trinajstić information content (AvgIpc) is 2.97. The van der Waals surface area contributed by atoms with Crippen molar-refractivity contribution in [1.29, 1.82) is 0 Å². The van der Waals surface area contributed by atoms with Crippen molar-refractivity contribution in [3.63, 3.8) is 0 Å². The summed E-state index contributed by atoms with van der Waals surface area (Å²) in [7, 11) is -3.30. The number of hydrogen-bond donors (Lipinski definition) is 0. The first-order valence-electron chi connectivity index (χ1n) is 14.9. The molecule has 2 aliphatic rings. The molecule has 1 aliphatic carbocycles. The minimum atomic E-state index is -3.30. The predicted octanol–water partition coefficient (Wildman–Crippen LogP) is 9.92. The molecule has 0 radical (unpaired) electrons. The summed E-state index contributed by atoms with van der Waals surface area (Å²) in [4.78, 5) is 0. The summed E-state index contributed by atoms with van der Waals surface area (Å²) in [5.74, 6) is 1.51. The molecule has 3 heteroatoms. The molecule has 2 bridgehead atoms. The lowest BCUT2D eigenvalue weighted by Crippen LogP contribution is -2.40. The summed E-state index contributed by atoms with van der Waals surface area (Å²) in [5, 5.41) is 0.351. The largest absolute Gasteiger partial charge is 0.439 e. The molecule has 0 amide bonds. The van der Waals surface area contributed by atoms with Crippen molar-refractivity contribution in [1.82, 2.24) is 0 Å². The second-order valence-electron chi connectivity index (χ2n) is 12.6. The van der Waals surface area contributed by atoms with Gasteiger partial charge >= 0.3 is 0 Å². The summed E-state index contributed by atoms with van der Waals surface area (Å²) < 4.78 is 22.3. The van der Waals surface area contributed by atoms with Crippen LogP contribution in [-0.4, -0.2) is 5.16 Å². The first-order chi connectivity index (χ1) is 19.3. The van der Waals surface area contributed by atoms with Crippen LogP contribution in [0, 0.1) is 5.92 Å². The van der Waals surface area contributed by atoms with Crippen LogP contribution < -0.4 is 9.83 Å². The Kier molecular flexibility index (Phi) is 7.04. The van der Waals surface area contributed by atoms with E-state index in [9.17, 15) is 0 Å². The van der Waals surface area contributed by atoms with Crippen LogP contribution in [0.25, 0.3) is 11.1 Å². The molecular weight excluding hydrogens is 507 g/mol. The molecule has 0 spiro atoms. The second kappa shape index (κ2) is 10.4. The zero-order valence-electron chi connectivity index (χ0n) is 24.3. The van der Waals surface area contributed by atoms with Crippen LogP contribution in [0.1, 0.15) is 76.0 Å². The molecule has 5 unspecified atom stereocenters. The number of rotatable bonds is 8. The van der Waals surface area contributed by atoms with Crippen LogP contribution >= 0.6 is 7.37 Å². The monoisotopic (exact) mass is 548 g/mol. The van der Waals surface area contributed by atoms with Crippen molar-refractivity contribution >= 4 is 12.7 Å². The van der Waals surface area contributed by atoms with Gasteiger partial charge in [0, 0.05) is 5.56 Å². The van der Waals surface area contributed by atoms with Crippen LogP contribution in [0.5, 0.6) is 5.75 Å². The highest BCUT2D eigenvalue weighted by atomic mass is 31.2. The number of hydrogen-bond acceptors (Lipinski definition) is 2. The van der Waals surface area contributed by atoms with E-state index in [1.807, 2.05) is 30.3 Å². The fraction of sp³-hybridized carbons (Fsp3) is 0.351. The number of benzene rings is 4. The Morgan fingerprint density at radius 3 is 2.40 bits per heavy atom. The van der Waals surface area contributed by atoms with Crippen LogP contribution in [-0.2, 0) is 16.4 Å². The minimum Gasteiger partial charge on any atom is -0.439 e. The van der Waals surface area contributed by atoms with E-state index < -0.39 is 12.5 Å². The van der Waals surface area contributed by atoms with E-state index in [2.05, 4.69) is 100 Å². The van der Waals surface area contributed by atoms with E-state index in [1.54, 1.807) is 0 Å². The summed E-state index contributed by atoms with van der Waals surface area (Å²) in [6, 6.07) is 36.4. The third kappa shape index (κ3) is 4.46. The van der Waals surface area contributed by atoms with Gasteiger partial charge in [-0.15, -0.1) is 0 Å². The molecule has 0 saturated heterocycles. The van der Waals surface area contributed by atoms with Gasteiger partial charge in [-0.25, -0.2) is 0 Å². The molecule has 6 rings (SSSR count). The van der Waals surface area contributed by atoms with Gasteiger partial charge in [0.15, 0.2) is 0 Å². The van der Waals surface area contributed by atoms with Crippen molar-refractivity contribution in [3.05, 3.63) is 120 Å². The standard InChI is InChI=1S/C37H41O2P/c1-5-22-36(3,40(38)35-21-12-10-19-33(35)32-18-9-11-20-34(32)39-40)25-30(29-15-7-6-8-16-29)26-37(4)27(2)23-28-14-13-17-31(37)24-28/h6-21,24,27,30H,5,22-23,25-26H2,1-4H3. The zero-order valence-corrected chi connectivity index (χ0v) is 25.2. The molecular formula is C37H41O2P. The Morgan fingerprint density at radius 1 is 0.925 bits per heavy atom. The maximum atomic E-state index is 15.6. The lowest BCUT2D eigenvalue weighted by Gasteiger charge is -2.46. The van der Waals surface area contributed by atoms with Crippen molar-refractivity contribution in [2.24, 2.45) is 5.92 Å². The second-order valence-corrected chi connectivity index (χ2v) is 15.5.